The zero-order valence-electron chi connectivity index (χ0n) is 15.9. The summed E-state index contributed by atoms with van der Waals surface area (Å²) in [4.78, 5) is 14.5. The largest absolute Gasteiger partial charge is 0.369 e. The number of amides is 1. The number of anilines is 1. The molecule has 1 atom stereocenters. The summed E-state index contributed by atoms with van der Waals surface area (Å²) < 4.78 is 0. The van der Waals surface area contributed by atoms with Gasteiger partial charge in [0.2, 0.25) is 0 Å². The molecule has 1 heterocycles. The molecule has 6 heteroatoms. The topological polar surface area (TPSA) is 44.7 Å². The van der Waals surface area contributed by atoms with Crippen LogP contribution in [0.25, 0.3) is 0 Å². The second-order valence-electron chi connectivity index (χ2n) is 7.62. The lowest BCUT2D eigenvalue weighted by atomic mass is 9.80. The number of hydrogen-bond donors (Lipinski definition) is 1. The van der Waals surface area contributed by atoms with Gasteiger partial charge in [0.05, 0.1) is 16.3 Å². The van der Waals surface area contributed by atoms with E-state index >= 15 is 0 Å². The Bertz CT molecular complexity index is 908. The van der Waals surface area contributed by atoms with Crippen molar-refractivity contribution in [2.45, 2.75) is 38.6 Å². The predicted octanol–water partition coefficient (Wildman–Crippen LogP) is 5.48. The van der Waals surface area contributed by atoms with Gasteiger partial charge in [-0.1, -0.05) is 36.2 Å². The molecular weight excluding hydrogens is 381 g/mol. The summed E-state index contributed by atoms with van der Waals surface area (Å²) >= 11 is 11.8. The second kappa shape index (κ2) is 7.53. The Kier molecular flexibility index (Phi) is 5.50. The molecule has 0 radical (unpaired) electrons. The van der Waals surface area contributed by atoms with Crippen LogP contribution < -0.4 is 10.3 Å². The molecule has 27 heavy (non-hydrogen) atoms. The maximum atomic E-state index is 12.2. The van der Waals surface area contributed by atoms with Gasteiger partial charge in [0.25, 0.3) is 5.91 Å². The van der Waals surface area contributed by atoms with Gasteiger partial charge in [-0.2, -0.15) is 5.10 Å². The van der Waals surface area contributed by atoms with E-state index in [2.05, 4.69) is 55.4 Å². The lowest BCUT2D eigenvalue weighted by Gasteiger charge is -2.45. The minimum absolute atomic E-state index is 0.135. The van der Waals surface area contributed by atoms with Gasteiger partial charge in [0.15, 0.2) is 0 Å². The van der Waals surface area contributed by atoms with Crippen LogP contribution in [0.1, 0.15) is 54.6 Å². The highest BCUT2D eigenvalue weighted by atomic mass is 35.5. The molecule has 0 saturated carbocycles. The molecule has 1 aliphatic rings. The Hall–Kier alpha value is -2.04. The number of carbonyl (C=O) groups excluding carboxylic acids is 1. The molecule has 0 spiro atoms. The van der Waals surface area contributed by atoms with Gasteiger partial charge in [-0.3, -0.25) is 4.79 Å². The number of rotatable bonds is 3. The average Bonchev–Trinajstić information content (AvgIpc) is 2.61. The highest BCUT2D eigenvalue weighted by molar-refractivity contribution is 6.42. The number of halogens is 2. The molecule has 0 saturated heterocycles. The van der Waals surface area contributed by atoms with E-state index in [0.717, 1.165) is 12.0 Å². The fraction of sp³-hybridized carbons (Fsp3) is 0.333. The molecule has 142 valence electrons. The third kappa shape index (κ3) is 4.12. The first-order valence-electron chi connectivity index (χ1n) is 8.85. The molecule has 0 aliphatic carbocycles. The number of hydrogen-bond acceptors (Lipinski definition) is 3. The first-order chi connectivity index (χ1) is 12.7. The molecule has 1 N–H and O–H groups in total. The molecule has 1 unspecified atom stereocenters. The number of carbonyl (C=O) groups is 1. The van der Waals surface area contributed by atoms with Crippen molar-refractivity contribution in [3.05, 3.63) is 63.1 Å². The summed E-state index contributed by atoms with van der Waals surface area (Å²) in [7, 11) is 2.13. The van der Waals surface area contributed by atoms with Crippen molar-refractivity contribution in [2.24, 2.45) is 5.10 Å². The van der Waals surface area contributed by atoms with Crippen molar-refractivity contribution in [3.8, 4) is 0 Å². The van der Waals surface area contributed by atoms with E-state index in [4.69, 9.17) is 23.2 Å². The van der Waals surface area contributed by atoms with E-state index in [1.807, 2.05) is 6.07 Å². The Morgan fingerprint density at radius 2 is 1.96 bits per heavy atom. The first kappa shape index (κ1) is 19.7. The Morgan fingerprint density at radius 1 is 1.22 bits per heavy atom. The van der Waals surface area contributed by atoms with Gasteiger partial charge in [0, 0.05) is 23.8 Å². The lowest BCUT2D eigenvalue weighted by molar-refractivity contribution is 0.0955. The minimum atomic E-state index is -0.336. The number of hydrazone groups is 1. The molecule has 1 amide bonds. The third-order valence-corrected chi connectivity index (χ3v) is 5.96. The monoisotopic (exact) mass is 403 g/mol. The summed E-state index contributed by atoms with van der Waals surface area (Å²) in [5.74, 6) is 0.128. The molecule has 1 aliphatic heterocycles. The quantitative estimate of drug-likeness (QED) is 0.544. The first-order valence-corrected chi connectivity index (χ1v) is 9.61. The van der Waals surface area contributed by atoms with E-state index in [1.165, 1.54) is 17.3 Å². The van der Waals surface area contributed by atoms with Crippen LogP contribution in [0.5, 0.6) is 0 Å². The average molecular weight is 404 g/mol. The van der Waals surface area contributed by atoms with Crippen molar-refractivity contribution in [2.75, 3.05) is 11.9 Å². The van der Waals surface area contributed by atoms with E-state index in [9.17, 15) is 4.79 Å². The van der Waals surface area contributed by atoms with Crippen molar-refractivity contribution in [1.82, 2.24) is 5.43 Å². The summed E-state index contributed by atoms with van der Waals surface area (Å²) in [6.45, 7) is 6.78. The SMILES string of the molecule is CC1CC(C)(C)N(C)c2ccc(/C=N\NC(=O)c3ccc(Cl)c(Cl)c3)cc21. The van der Waals surface area contributed by atoms with Crippen LogP contribution in [0.3, 0.4) is 0 Å². The fourth-order valence-corrected chi connectivity index (χ4v) is 3.84. The molecule has 0 aromatic heterocycles. The zero-order valence-corrected chi connectivity index (χ0v) is 17.4. The number of nitrogens with one attached hydrogen (secondary N) is 1. The second-order valence-corrected chi connectivity index (χ2v) is 8.44. The molecule has 2 aromatic rings. The van der Waals surface area contributed by atoms with Crippen molar-refractivity contribution in [1.29, 1.82) is 0 Å². The Balaban J connectivity index is 1.74. The van der Waals surface area contributed by atoms with Crippen LogP contribution in [0.4, 0.5) is 5.69 Å². The van der Waals surface area contributed by atoms with Crippen LogP contribution in [-0.2, 0) is 0 Å². The number of nitrogens with zero attached hydrogens (tertiary/aromatic N) is 2. The van der Waals surface area contributed by atoms with E-state index in [1.54, 1.807) is 18.3 Å². The molecule has 0 bridgehead atoms. The van der Waals surface area contributed by atoms with Crippen LogP contribution in [-0.4, -0.2) is 24.7 Å². The maximum Gasteiger partial charge on any atom is 0.271 e. The van der Waals surface area contributed by atoms with Crippen molar-refractivity contribution < 1.29 is 4.79 Å². The highest BCUT2D eigenvalue weighted by Crippen LogP contribution is 2.42. The lowest BCUT2D eigenvalue weighted by Crippen LogP contribution is -2.45. The van der Waals surface area contributed by atoms with Gasteiger partial charge in [-0.05, 0) is 67.6 Å². The van der Waals surface area contributed by atoms with Gasteiger partial charge in [-0.25, -0.2) is 5.43 Å². The standard InChI is InChI=1S/C21H23Cl2N3O/c1-13-11-21(2,3)26(4)19-8-5-14(9-16(13)19)12-24-25-20(27)15-6-7-17(22)18(23)10-15/h5-10,12-13H,11H2,1-4H3,(H,25,27)/b24-12-. The third-order valence-electron chi connectivity index (χ3n) is 5.22. The predicted molar refractivity (Wildman–Crippen MR) is 113 cm³/mol. The van der Waals surface area contributed by atoms with Gasteiger partial charge < -0.3 is 4.90 Å². The van der Waals surface area contributed by atoms with Crippen LogP contribution in [0.2, 0.25) is 10.0 Å². The smallest absolute Gasteiger partial charge is 0.271 e. The zero-order chi connectivity index (χ0) is 19.8. The molecule has 3 rings (SSSR count). The van der Waals surface area contributed by atoms with E-state index in [-0.39, 0.29) is 11.4 Å². The highest BCUT2D eigenvalue weighted by Gasteiger charge is 2.33. The minimum Gasteiger partial charge on any atom is -0.369 e. The number of fused-ring (bicyclic) bond motifs is 1. The summed E-state index contributed by atoms with van der Waals surface area (Å²) in [5.41, 5.74) is 6.56. The number of benzene rings is 2. The van der Waals surface area contributed by atoms with Crippen molar-refractivity contribution >= 4 is 41.0 Å². The summed E-state index contributed by atoms with van der Waals surface area (Å²) in [6, 6.07) is 11.0. The Morgan fingerprint density at radius 3 is 2.67 bits per heavy atom. The van der Waals surface area contributed by atoms with Gasteiger partial charge in [0.1, 0.15) is 0 Å². The van der Waals surface area contributed by atoms with Crippen molar-refractivity contribution in [3.63, 3.8) is 0 Å². The van der Waals surface area contributed by atoms with Gasteiger partial charge >= 0.3 is 0 Å². The maximum absolute atomic E-state index is 12.2. The molecule has 4 nitrogen and oxygen atoms in total. The van der Waals surface area contributed by atoms with Crippen LogP contribution in [0, 0.1) is 0 Å². The van der Waals surface area contributed by atoms with Crippen LogP contribution in [0.15, 0.2) is 41.5 Å². The summed E-state index contributed by atoms with van der Waals surface area (Å²) in [6.07, 6.45) is 2.74. The molecular formula is C21H23Cl2N3O. The van der Waals surface area contributed by atoms with Gasteiger partial charge in [-0.15, -0.1) is 0 Å². The molecule has 0 fully saturated rings. The fourth-order valence-electron chi connectivity index (χ4n) is 3.54. The molecule has 2 aromatic carbocycles. The van der Waals surface area contributed by atoms with E-state index < -0.39 is 0 Å². The van der Waals surface area contributed by atoms with E-state index in [0.29, 0.717) is 21.5 Å². The summed E-state index contributed by atoms with van der Waals surface area (Å²) in [5, 5.41) is 4.82. The Labute approximate surface area is 170 Å². The normalized spacial score (nSPS) is 18.4. The van der Waals surface area contributed by atoms with Crippen LogP contribution >= 0.6 is 23.2 Å².